The van der Waals surface area contributed by atoms with Crippen LogP contribution in [0.5, 0.6) is 5.75 Å². The highest BCUT2D eigenvalue weighted by atomic mass is 79.9. The van der Waals surface area contributed by atoms with Gasteiger partial charge in [-0.25, -0.2) is 0 Å². The lowest BCUT2D eigenvalue weighted by Crippen LogP contribution is -2.49. The molecule has 116 valence electrons. The molecule has 1 saturated carbocycles. The second kappa shape index (κ2) is 6.65. The summed E-state index contributed by atoms with van der Waals surface area (Å²) in [6.07, 6.45) is 2.84. The molecule has 21 heavy (non-hydrogen) atoms. The highest BCUT2D eigenvalue weighted by molar-refractivity contribution is 9.10. The Hall–Kier alpha value is -0.620. The lowest BCUT2D eigenvalue weighted by atomic mass is 9.97. The van der Waals surface area contributed by atoms with Gasteiger partial charge in [-0.15, -0.1) is 0 Å². The first-order valence-corrected chi connectivity index (χ1v) is 8.39. The lowest BCUT2D eigenvalue weighted by molar-refractivity contribution is -0.0740. The molecule has 5 heteroatoms. The van der Waals surface area contributed by atoms with E-state index in [-0.39, 0.29) is 6.10 Å². The predicted molar refractivity (Wildman–Crippen MR) is 86.8 cm³/mol. The van der Waals surface area contributed by atoms with Crippen molar-refractivity contribution in [3.63, 3.8) is 0 Å². The van der Waals surface area contributed by atoms with Gasteiger partial charge in [0.25, 0.3) is 0 Å². The molecule has 3 rings (SSSR count). The van der Waals surface area contributed by atoms with Gasteiger partial charge < -0.3 is 14.8 Å². The third kappa shape index (κ3) is 3.26. The van der Waals surface area contributed by atoms with Crippen molar-refractivity contribution in [2.75, 3.05) is 33.9 Å². The van der Waals surface area contributed by atoms with Crippen LogP contribution in [-0.4, -0.2) is 50.9 Å². The summed E-state index contributed by atoms with van der Waals surface area (Å²) in [4.78, 5) is 2.62. The van der Waals surface area contributed by atoms with E-state index in [0.29, 0.717) is 6.04 Å². The lowest BCUT2D eigenvalue weighted by Gasteiger charge is -2.42. The van der Waals surface area contributed by atoms with Crippen LogP contribution in [-0.2, 0) is 4.74 Å². The molecule has 0 spiro atoms. The van der Waals surface area contributed by atoms with Crippen molar-refractivity contribution in [2.24, 2.45) is 0 Å². The average molecular weight is 355 g/mol. The number of halogens is 1. The molecule has 0 bridgehead atoms. The molecule has 1 heterocycles. The maximum Gasteiger partial charge on any atom is 0.133 e. The summed E-state index contributed by atoms with van der Waals surface area (Å²) in [5, 5.41) is 3.27. The molecule has 2 atom stereocenters. The Morgan fingerprint density at radius 3 is 2.86 bits per heavy atom. The van der Waals surface area contributed by atoms with Crippen LogP contribution in [0, 0.1) is 0 Å². The first kappa shape index (κ1) is 15.3. The average Bonchev–Trinajstić information content (AvgIpc) is 3.32. The van der Waals surface area contributed by atoms with E-state index in [2.05, 4.69) is 38.3 Å². The van der Waals surface area contributed by atoms with Gasteiger partial charge in [0.1, 0.15) is 5.75 Å². The van der Waals surface area contributed by atoms with Gasteiger partial charge in [-0.3, -0.25) is 4.90 Å². The van der Waals surface area contributed by atoms with Gasteiger partial charge >= 0.3 is 0 Å². The molecular weight excluding hydrogens is 332 g/mol. The standard InChI is InChI=1S/C16H23BrN2O2/c1-18-10-15-16(19(7-8-21-15)12-4-5-12)11-3-6-14(20-2)13(17)9-11/h3,6,9,12,15-16,18H,4-5,7-8,10H2,1-2H3. The van der Waals surface area contributed by atoms with Gasteiger partial charge in [0, 0.05) is 19.1 Å². The van der Waals surface area contributed by atoms with Crippen molar-refractivity contribution in [1.29, 1.82) is 0 Å². The number of ether oxygens (including phenoxy) is 2. The molecule has 2 fully saturated rings. The number of likely N-dealkylation sites (N-methyl/N-ethyl adjacent to an activating group) is 1. The van der Waals surface area contributed by atoms with Gasteiger partial charge in [-0.05, 0) is 53.5 Å². The summed E-state index contributed by atoms with van der Waals surface area (Å²) in [7, 11) is 3.68. The molecule has 1 saturated heterocycles. The van der Waals surface area contributed by atoms with E-state index in [4.69, 9.17) is 9.47 Å². The maximum atomic E-state index is 6.04. The second-order valence-corrected chi connectivity index (χ2v) is 6.63. The van der Waals surface area contributed by atoms with Crippen LogP contribution in [0.25, 0.3) is 0 Å². The van der Waals surface area contributed by atoms with Crippen molar-refractivity contribution in [2.45, 2.75) is 31.0 Å². The minimum absolute atomic E-state index is 0.199. The van der Waals surface area contributed by atoms with E-state index in [0.717, 1.165) is 36.0 Å². The Kier molecular flexibility index (Phi) is 4.84. The molecule has 1 aliphatic carbocycles. The predicted octanol–water partition coefficient (Wildman–Crippen LogP) is 2.58. The van der Waals surface area contributed by atoms with Crippen molar-refractivity contribution in [3.05, 3.63) is 28.2 Å². The Balaban J connectivity index is 1.90. The van der Waals surface area contributed by atoms with Crippen LogP contribution in [0.4, 0.5) is 0 Å². The van der Waals surface area contributed by atoms with Gasteiger partial charge in [-0.1, -0.05) is 6.07 Å². The van der Waals surface area contributed by atoms with Gasteiger partial charge in [0.2, 0.25) is 0 Å². The minimum atomic E-state index is 0.199. The SMILES string of the molecule is CNCC1OCCN(C2CC2)C1c1ccc(OC)c(Br)c1. The van der Waals surface area contributed by atoms with Crippen molar-refractivity contribution in [1.82, 2.24) is 10.2 Å². The zero-order valence-electron chi connectivity index (χ0n) is 12.6. The molecule has 4 nitrogen and oxygen atoms in total. The first-order chi connectivity index (χ1) is 10.2. The van der Waals surface area contributed by atoms with Crippen molar-refractivity contribution >= 4 is 15.9 Å². The van der Waals surface area contributed by atoms with Crippen LogP contribution in [0.2, 0.25) is 0 Å². The van der Waals surface area contributed by atoms with E-state index >= 15 is 0 Å². The van der Waals surface area contributed by atoms with Crippen LogP contribution < -0.4 is 10.1 Å². The quantitative estimate of drug-likeness (QED) is 0.880. The topological polar surface area (TPSA) is 33.7 Å². The number of hydrogen-bond acceptors (Lipinski definition) is 4. The summed E-state index contributed by atoms with van der Waals surface area (Å²) in [5.74, 6) is 0.874. The van der Waals surface area contributed by atoms with Crippen LogP contribution in [0.15, 0.2) is 22.7 Å². The Bertz CT molecular complexity index is 491. The second-order valence-electron chi connectivity index (χ2n) is 5.77. The molecule has 0 aromatic heterocycles. The van der Waals surface area contributed by atoms with Gasteiger partial charge in [-0.2, -0.15) is 0 Å². The first-order valence-electron chi connectivity index (χ1n) is 7.60. The fourth-order valence-electron chi connectivity index (χ4n) is 3.21. The number of nitrogens with one attached hydrogen (secondary N) is 1. The van der Waals surface area contributed by atoms with Gasteiger partial charge in [0.15, 0.2) is 0 Å². The highest BCUT2D eigenvalue weighted by Gasteiger charge is 2.41. The maximum absolute atomic E-state index is 6.04. The van der Waals surface area contributed by atoms with E-state index in [1.165, 1.54) is 18.4 Å². The molecule has 0 radical (unpaired) electrons. The largest absolute Gasteiger partial charge is 0.496 e. The van der Waals surface area contributed by atoms with Crippen molar-refractivity contribution < 1.29 is 9.47 Å². The molecule has 1 aliphatic heterocycles. The van der Waals surface area contributed by atoms with E-state index < -0.39 is 0 Å². The Morgan fingerprint density at radius 2 is 2.24 bits per heavy atom. The third-order valence-corrected chi connectivity index (χ3v) is 4.95. The molecule has 2 aliphatic rings. The Morgan fingerprint density at radius 1 is 1.43 bits per heavy atom. The molecule has 0 amide bonds. The number of rotatable bonds is 5. The monoisotopic (exact) mass is 354 g/mol. The van der Waals surface area contributed by atoms with Crippen molar-refractivity contribution in [3.8, 4) is 5.75 Å². The number of morpholine rings is 1. The Labute approximate surface area is 134 Å². The fourth-order valence-corrected chi connectivity index (χ4v) is 3.77. The summed E-state index contributed by atoms with van der Waals surface area (Å²) in [5.41, 5.74) is 1.30. The highest BCUT2D eigenvalue weighted by Crippen LogP contribution is 2.40. The normalized spacial score (nSPS) is 26.8. The van der Waals surface area contributed by atoms with E-state index in [1.807, 2.05) is 13.1 Å². The minimum Gasteiger partial charge on any atom is -0.496 e. The molecule has 1 aromatic rings. The summed E-state index contributed by atoms with van der Waals surface area (Å²) >= 11 is 3.61. The number of benzene rings is 1. The molecule has 1 aromatic carbocycles. The number of methoxy groups -OCH3 is 1. The van der Waals surface area contributed by atoms with E-state index in [1.54, 1.807) is 7.11 Å². The number of hydrogen-bond donors (Lipinski definition) is 1. The van der Waals surface area contributed by atoms with Crippen LogP contribution in [0.3, 0.4) is 0 Å². The molecular formula is C16H23BrN2O2. The zero-order chi connectivity index (χ0) is 14.8. The van der Waals surface area contributed by atoms with Crippen LogP contribution in [0.1, 0.15) is 24.4 Å². The smallest absolute Gasteiger partial charge is 0.133 e. The fraction of sp³-hybridized carbons (Fsp3) is 0.625. The van der Waals surface area contributed by atoms with Crippen LogP contribution >= 0.6 is 15.9 Å². The van der Waals surface area contributed by atoms with Gasteiger partial charge in [0.05, 0.1) is 30.3 Å². The van der Waals surface area contributed by atoms with E-state index in [9.17, 15) is 0 Å². The molecule has 2 unspecified atom stereocenters. The number of nitrogens with zero attached hydrogens (tertiary/aromatic N) is 1. The summed E-state index contributed by atoms with van der Waals surface area (Å²) in [6.45, 7) is 2.73. The third-order valence-electron chi connectivity index (χ3n) is 4.33. The summed E-state index contributed by atoms with van der Waals surface area (Å²) < 4.78 is 12.4. The zero-order valence-corrected chi connectivity index (χ0v) is 14.2. The summed E-state index contributed by atoms with van der Waals surface area (Å²) in [6, 6.07) is 7.44. The molecule has 1 N–H and O–H groups in total.